The Kier molecular flexibility index (Phi) is 37.7. The predicted molar refractivity (Wildman–Crippen MR) is 257 cm³/mol. The molecule has 15 atom stereocenters. The van der Waals surface area contributed by atoms with Crippen LogP contribution in [0.2, 0.25) is 0 Å². The minimum atomic E-state index is -2.05. The zero-order valence-electron chi connectivity index (χ0n) is 42.1. The van der Waals surface area contributed by atoms with E-state index in [1.54, 1.807) is 54.6 Å². The van der Waals surface area contributed by atoms with Gasteiger partial charge in [0.1, 0.15) is 61.5 Å². The largest absolute Gasteiger partial charge is 0.452 e. The molecular weight excluding hydrogens is 2180 g/mol. The van der Waals surface area contributed by atoms with E-state index in [1.807, 2.05) is 30.3 Å². The van der Waals surface area contributed by atoms with Crippen LogP contribution in [-0.4, -0.2) is 179 Å². The summed E-state index contributed by atoms with van der Waals surface area (Å²) in [6.07, 6.45) is -25.6. The van der Waals surface area contributed by atoms with Crippen LogP contribution in [-0.2, 0) is 58.7 Å². The second kappa shape index (κ2) is 38.5. The Morgan fingerprint density at radius 2 is 1.00 bits per heavy atom. The van der Waals surface area contributed by atoms with Crippen molar-refractivity contribution in [2.75, 3.05) is 33.5 Å². The zero-order chi connectivity index (χ0) is 52.9. The number of aliphatic hydroxyl groups excluding tert-OH is 5. The van der Waals surface area contributed by atoms with Gasteiger partial charge in [0.25, 0.3) is 0 Å². The average Bonchev–Trinajstić information content (AvgIpc) is 3.41. The summed E-state index contributed by atoms with van der Waals surface area (Å²) in [5.74, 6) is -3.02. The normalized spacial score (nSPS) is 28.2. The van der Waals surface area contributed by atoms with Crippen molar-refractivity contribution in [3.05, 3.63) is 144 Å². The van der Waals surface area contributed by atoms with Gasteiger partial charge in [0.2, 0.25) is 3.79 Å². The SMILES string of the molecule is COC1OC(COCc2ccccc2)C(OC2OC(COC3OC(CO)C(O)C(O)C3NC(=O)OCC(Cl)(Cl)Cl)C(OC(=O)c3ccccc3)C(OC(=O)c3ccccc3)C2OC(=O)c2ccccc2)C(O)C1O.[Ac].[Ac].[Ac].[Ac].[Ac]. The molecule has 4 aromatic carbocycles. The van der Waals surface area contributed by atoms with Gasteiger partial charge in [-0.25, -0.2) is 19.2 Å². The molecule has 4 aromatic rings. The standard InChI is InChI=1S/C50H54Cl3NO20.5Ac/c1-64-47-38(59)37(58)39(32(69-47)24-65-23-27-14-6-2-7-15-27)74-48-42(73-45(62)30-20-12-5-13-21-30)41(72-44(61)29-18-10-4-11-19-29)40(71-43(60)28-16-8-3-9-17-28)33(70-48)25-66-46-34(36(57)35(56)31(22-55)68-46)54-49(63)67-26-50(51,52)53;;;;;/h2-21,31-42,46-48,55-59H,22-26H2,1H3,(H,54,63);;;;;. The van der Waals surface area contributed by atoms with Crippen molar-refractivity contribution in [3.63, 3.8) is 0 Å². The van der Waals surface area contributed by atoms with Crippen molar-refractivity contribution in [2.45, 2.75) is 102 Å². The van der Waals surface area contributed by atoms with E-state index in [4.69, 9.17) is 86.9 Å². The minimum absolute atomic E-state index is 0. The van der Waals surface area contributed by atoms with Crippen LogP contribution in [0.5, 0.6) is 0 Å². The topological polar surface area (TPSA) is 283 Å². The van der Waals surface area contributed by atoms with Gasteiger partial charge < -0.3 is 83.0 Å². The molecule has 15 unspecified atom stereocenters. The molecule has 5 radical (unpaired) electrons. The summed E-state index contributed by atoms with van der Waals surface area (Å²) in [5.41, 5.74) is 0.797. The Hall–Kier alpha value is 2.16. The predicted octanol–water partition coefficient (Wildman–Crippen LogP) is 3.00. The summed E-state index contributed by atoms with van der Waals surface area (Å²) in [7, 11) is 1.24. The van der Waals surface area contributed by atoms with Crippen LogP contribution >= 0.6 is 34.8 Å². The molecule has 415 valence electrons. The van der Waals surface area contributed by atoms with Gasteiger partial charge in [-0.1, -0.05) is 120 Å². The van der Waals surface area contributed by atoms with E-state index in [1.165, 1.54) is 43.5 Å². The molecule has 3 heterocycles. The molecule has 3 saturated heterocycles. The van der Waals surface area contributed by atoms with Gasteiger partial charge in [-0.05, 0) is 42.0 Å². The number of carbonyl (C=O) groups excluding carboxylic acids is 4. The first-order valence-corrected chi connectivity index (χ1v) is 24.2. The maximum atomic E-state index is 14.3. The quantitative estimate of drug-likeness (QED) is 0.0447. The fraction of sp³-hybridized carbons (Fsp3) is 0.440. The Bertz CT molecular complexity index is 2440. The third kappa shape index (κ3) is 22.6. The number of benzene rings is 4. The van der Waals surface area contributed by atoms with Crippen molar-refractivity contribution >= 4 is 58.8 Å². The number of ether oxygens (including phenoxy) is 11. The number of hydrogen-bond acceptors (Lipinski definition) is 20. The fourth-order valence-electron chi connectivity index (χ4n) is 8.14. The number of nitrogens with one attached hydrogen (secondary N) is 1. The maximum absolute atomic E-state index is 14.3. The summed E-state index contributed by atoms with van der Waals surface area (Å²) >= 11 is 17.3. The monoisotopic (exact) mass is 2230 g/mol. The summed E-state index contributed by atoms with van der Waals surface area (Å²) in [6.45, 7) is -2.66. The van der Waals surface area contributed by atoms with Crippen LogP contribution in [0.15, 0.2) is 121 Å². The van der Waals surface area contributed by atoms with Gasteiger partial charge in [0.05, 0.1) is 43.1 Å². The molecular formula is C50H54Ac5Cl3NO20. The number of amides is 1. The van der Waals surface area contributed by atoms with E-state index in [0.717, 1.165) is 5.56 Å². The minimum Gasteiger partial charge on any atom is -0.452 e. The van der Waals surface area contributed by atoms with Crippen LogP contribution < -0.4 is 5.32 Å². The number of carbonyl (C=O) groups is 4. The van der Waals surface area contributed by atoms with E-state index in [9.17, 15) is 44.7 Å². The van der Waals surface area contributed by atoms with Gasteiger partial charge in [-0.15, -0.1) is 0 Å². The zero-order valence-corrected chi connectivity index (χ0v) is 68.1. The first-order valence-electron chi connectivity index (χ1n) is 23.0. The third-order valence-electron chi connectivity index (χ3n) is 11.9. The average molecular weight is 2230 g/mol. The molecule has 0 saturated carbocycles. The number of alkyl halides is 3. The van der Waals surface area contributed by atoms with Crippen LogP contribution in [0.4, 0.5) is 4.79 Å². The number of methoxy groups -OCH3 is 1. The van der Waals surface area contributed by atoms with Crippen molar-refractivity contribution in [1.82, 2.24) is 5.32 Å². The molecule has 0 bridgehead atoms. The van der Waals surface area contributed by atoms with Gasteiger partial charge in [0.15, 0.2) is 37.2 Å². The summed E-state index contributed by atoms with van der Waals surface area (Å²) in [5, 5.41) is 57.6. The van der Waals surface area contributed by atoms with Crippen molar-refractivity contribution in [2.24, 2.45) is 0 Å². The second-order valence-electron chi connectivity index (χ2n) is 17.0. The van der Waals surface area contributed by atoms with Crippen molar-refractivity contribution in [1.29, 1.82) is 0 Å². The number of aliphatic hydroxyl groups is 5. The molecule has 29 heteroatoms. The summed E-state index contributed by atoms with van der Waals surface area (Å²) < 4.78 is 63.9. The van der Waals surface area contributed by atoms with E-state index in [2.05, 4.69) is 5.32 Å². The molecule has 6 N–H and O–H groups in total. The van der Waals surface area contributed by atoms with Crippen molar-refractivity contribution in [3.8, 4) is 0 Å². The van der Waals surface area contributed by atoms with Crippen molar-refractivity contribution < 1.29 is 317 Å². The molecule has 3 aliphatic rings. The molecule has 0 spiro atoms. The Morgan fingerprint density at radius 3 is 1.49 bits per heavy atom. The Labute approximate surface area is 649 Å². The summed E-state index contributed by atoms with van der Waals surface area (Å²) in [6, 6.07) is 30.2. The Balaban J connectivity index is 0.00000427. The van der Waals surface area contributed by atoms with Gasteiger partial charge in [-0.2, -0.15) is 0 Å². The number of alkyl carbamates (subject to hydrolysis) is 1. The first kappa shape index (κ1) is 77.3. The molecule has 1 amide bonds. The summed E-state index contributed by atoms with van der Waals surface area (Å²) in [4.78, 5) is 55.6. The molecule has 7 rings (SSSR count). The van der Waals surface area contributed by atoms with Crippen LogP contribution in [0, 0.1) is 220 Å². The van der Waals surface area contributed by atoms with Gasteiger partial charge in [0, 0.05) is 227 Å². The van der Waals surface area contributed by atoms with Gasteiger partial charge in [-0.3, -0.25) is 0 Å². The molecule has 21 nitrogen and oxygen atoms in total. The fourth-order valence-corrected chi connectivity index (χ4v) is 8.30. The second-order valence-corrected chi connectivity index (χ2v) is 19.5. The van der Waals surface area contributed by atoms with Crippen LogP contribution in [0.25, 0.3) is 0 Å². The molecule has 0 aliphatic carbocycles. The molecule has 79 heavy (non-hydrogen) atoms. The molecule has 3 aliphatic heterocycles. The third-order valence-corrected chi connectivity index (χ3v) is 12.2. The van der Waals surface area contributed by atoms with E-state index >= 15 is 0 Å². The maximum Gasteiger partial charge on any atom is 0.407 e. The number of halogens is 3. The van der Waals surface area contributed by atoms with Crippen LogP contribution in [0.1, 0.15) is 36.6 Å². The smallest absolute Gasteiger partial charge is 0.407 e. The van der Waals surface area contributed by atoms with E-state index in [-0.39, 0.29) is 250 Å². The Morgan fingerprint density at radius 1 is 0.544 bits per heavy atom. The molecule has 3 fully saturated rings. The van der Waals surface area contributed by atoms with Crippen LogP contribution in [0.3, 0.4) is 0 Å². The number of hydrogen-bond donors (Lipinski definition) is 6. The van der Waals surface area contributed by atoms with E-state index < -0.39 is 140 Å². The molecule has 0 aromatic heterocycles. The number of esters is 3. The van der Waals surface area contributed by atoms with E-state index in [0.29, 0.717) is 0 Å². The number of rotatable bonds is 19. The van der Waals surface area contributed by atoms with Gasteiger partial charge >= 0.3 is 24.0 Å². The first-order chi connectivity index (χ1) is 35.5.